The Labute approximate surface area is 242 Å². The molecule has 0 radical (unpaired) electrons. The van der Waals surface area contributed by atoms with Crippen molar-refractivity contribution < 1.29 is 9.59 Å². The van der Waals surface area contributed by atoms with Crippen LogP contribution in [0.1, 0.15) is 28.8 Å². The monoisotopic (exact) mass is 584 g/mol. The second-order valence-electron chi connectivity index (χ2n) is 9.71. The van der Waals surface area contributed by atoms with Crippen molar-refractivity contribution in [2.75, 3.05) is 49.1 Å². The summed E-state index contributed by atoms with van der Waals surface area (Å²) in [6, 6.07) is 17.3. The molecule has 0 saturated carbocycles. The second-order valence-corrected chi connectivity index (χ2v) is 11.5. The normalized spacial score (nSPS) is 16.4. The Balaban J connectivity index is 1.19. The molecule has 2 fully saturated rings. The molecule has 5 rings (SSSR count). The number of aromatic nitrogens is 2. The summed E-state index contributed by atoms with van der Waals surface area (Å²) < 4.78 is 0. The first-order valence-corrected chi connectivity index (χ1v) is 14.7. The largest absolute Gasteiger partial charge is 0.369 e. The van der Waals surface area contributed by atoms with Crippen LogP contribution in [0.25, 0.3) is 0 Å². The maximum atomic E-state index is 13.0. The lowest BCUT2D eigenvalue weighted by molar-refractivity contribution is -0.123. The van der Waals surface area contributed by atoms with E-state index in [0.29, 0.717) is 47.6 Å². The van der Waals surface area contributed by atoms with Crippen molar-refractivity contribution in [3.8, 4) is 0 Å². The number of thioether (sulfide) groups is 1. The number of hydrogen-bond donors (Lipinski definition) is 1. The number of anilines is 2. The Hall–Kier alpha value is -3.01. The number of piperazine rings is 1. The molecule has 0 bridgehead atoms. The van der Waals surface area contributed by atoms with Crippen LogP contribution in [-0.2, 0) is 10.5 Å². The van der Waals surface area contributed by atoms with Crippen LogP contribution in [0.5, 0.6) is 0 Å². The summed E-state index contributed by atoms with van der Waals surface area (Å²) >= 11 is 14.3. The van der Waals surface area contributed by atoms with Crippen LogP contribution < -0.4 is 15.5 Å². The molecule has 3 heterocycles. The van der Waals surface area contributed by atoms with Crippen LogP contribution in [0.3, 0.4) is 0 Å². The van der Waals surface area contributed by atoms with Crippen molar-refractivity contribution in [2.45, 2.75) is 23.8 Å². The van der Waals surface area contributed by atoms with Crippen LogP contribution >= 0.6 is 35.0 Å². The van der Waals surface area contributed by atoms with Crippen molar-refractivity contribution in [2.24, 2.45) is 11.7 Å². The molecule has 0 spiro atoms. The number of nitrogens with zero attached hydrogens (tertiary/aromatic N) is 5. The number of para-hydroxylation sites is 1. The predicted molar refractivity (Wildman–Crippen MR) is 157 cm³/mol. The van der Waals surface area contributed by atoms with E-state index in [0.717, 1.165) is 48.3 Å². The number of amides is 2. The number of rotatable bonds is 7. The quantitative estimate of drug-likeness (QED) is 0.243. The van der Waals surface area contributed by atoms with E-state index in [2.05, 4.69) is 14.8 Å². The number of nitrogens with two attached hydrogens (primary N) is 1. The van der Waals surface area contributed by atoms with Crippen molar-refractivity contribution in [1.82, 2.24) is 14.9 Å². The molecular formula is C28H30Cl2N6O2S. The summed E-state index contributed by atoms with van der Waals surface area (Å²) in [4.78, 5) is 40.0. The molecule has 0 atom stereocenters. The van der Waals surface area contributed by atoms with Crippen LogP contribution in [0, 0.1) is 5.92 Å². The molecule has 2 aliphatic rings. The molecule has 11 heteroatoms. The van der Waals surface area contributed by atoms with Gasteiger partial charge in [-0.3, -0.25) is 9.59 Å². The highest BCUT2D eigenvalue weighted by Crippen LogP contribution is 2.29. The Kier molecular flexibility index (Phi) is 8.79. The number of likely N-dealkylation sites (tertiary alicyclic amines) is 1. The lowest BCUT2D eigenvalue weighted by atomic mass is 9.96. The molecule has 2 N–H and O–H groups in total. The summed E-state index contributed by atoms with van der Waals surface area (Å²) in [6.07, 6.45) is 1.22. The van der Waals surface area contributed by atoms with Gasteiger partial charge in [-0.05, 0) is 42.7 Å². The third-order valence-electron chi connectivity index (χ3n) is 7.18. The third kappa shape index (κ3) is 6.77. The third-order valence-corrected chi connectivity index (χ3v) is 8.62. The molecule has 3 aromatic rings. The summed E-state index contributed by atoms with van der Waals surface area (Å²) in [5.41, 5.74) is 8.10. The Morgan fingerprint density at radius 2 is 1.62 bits per heavy atom. The highest BCUT2D eigenvalue weighted by Gasteiger charge is 2.26. The van der Waals surface area contributed by atoms with E-state index in [1.807, 2.05) is 48.5 Å². The van der Waals surface area contributed by atoms with Crippen LogP contribution in [0.2, 0.25) is 10.2 Å². The fraction of sp³-hybridized carbons (Fsp3) is 0.357. The van der Waals surface area contributed by atoms with Crippen LogP contribution in [-0.4, -0.2) is 66.0 Å². The van der Waals surface area contributed by atoms with E-state index in [-0.39, 0.29) is 17.7 Å². The van der Waals surface area contributed by atoms with Crippen molar-refractivity contribution in [1.29, 1.82) is 0 Å². The van der Waals surface area contributed by atoms with Crippen molar-refractivity contribution in [3.05, 3.63) is 75.9 Å². The topological polar surface area (TPSA) is 95.7 Å². The number of carbonyl (C=O) groups excluding carboxylic acids is 2. The van der Waals surface area contributed by atoms with Gasteiger partial charge in [0.15, 0.2) is 5.16 Å². The van der Waals surface area contributed by atoms with E-state index in [1.165, 1.54) is 11.8 Å². The van der Waals surface area contributed by atoms with E-state index in [4.69, 9.17) is 33.9 Å². The standard InChI is InChI=1S/C28H30Cl2N6O2S/c29-22-6-1-2-7-23(22)34-12-14-35(15-13-34)25-17-24(30)32-28(33-25)39-18-19-4-3-5-21(16-19)27(38)36-10-8-20(9-11-36)26(31)37/h1-7,16-17,20H,8-15,18H2,(H2,31,37). The van der Waals surface area contributed by atoms with E-state index < -0.39 is 0 Å². The fourth-order valence-corrected chi connectivity index (χ4v) is 6.27. The van der Waals surface area contributed by atoms with Crippen LogP contribution in [0.4, 0.5) is 11.5 Å². The minimum Gasteiger partial charge on any atom is -0.369 e. The summed E-state index contributed by atoms with van der Waals surface area (Å²) in [6.45, 7) is 4.32. The molecule has 2 aliphatic heterocycles. The Morgan fingerprint density at radius 3 is 2.33 bits per heavy atom. The maximum absolute atomic E-state index is 13.0. The minimum atomic E-state index is -0.285. The molecule has 2 saturated heterocycles. The maximum Gasteiger partial charge on any atom is 0.253 e. The molecule has 1 aromatic heterocycles. The first-order chi connectivity index (χ1) is 18.9. The zero-order valence-electron chi connectivity index (χ0n) is 21.4. The highest BCUT2D eigenvalue weighted by molar-refractivity contribution is 7.98. The van der Waals surface area contributed by atoms with E-state index in [9.17, 15) is 9.59 Å². The van der Waals surface area contributed by atoms with Gasteiger partial charge >= 0.3 is 0 Å². The molecule has 204 valence electrons. The van der Waals surface area contributed by atoms with Crippen molar-refractivity contribution >= 4 is 58.3 Å². The second kappa shape index (κ2) is 12.4. The van der Waals surface area contributed by atoms with Gasteiger partial charge in [0, 0.05) is 62.6 Å². The molecule has 8 nitrogen and oxygen atoms in total. The minimum absolute atomic E-state index is 0.0259. The van der Waals surface area contributed by atoms with Gasteiger partial charge in [-0.25, -0.2) is 9.97 Å². The first kappa shape index (κ1) is 27.6. The van der Waals surface area contributed by atoms with Gasteiger partial charge in [0.1, 0.15) is 11.0 Å². The highest BCUT2D eigenvalue weighted by atomic mass is 35.5. The van der Waals surface area contributed by atoms with Gasteiger partial charge in [-0.2, -0.15) is 0 Å². The molecular weight excluding hydrogens is 555 g/mol. The SMILES string of the molecule is NC(=O)C1CCN(C(=O)c2cccc(CSc3nc(Cl)cc(N4CCN(c5ccccc5Cl)CC4)n3)c2)CC1. The zero-order chi connectivity index (χ0) is 27.4. The van der Waals surface area contributed by atoms with Gasteiger partial charge in [0.05, 0.1) is 10.7 Å². The van der Waals surface area contributed by atoms with Gasteiger partial charge in [0.25, 0.3) is 5.91 Å². The van der Waals surface area contributed by atoms with E-state index in [1.54, 1.807) is 11.0 Å². The summed E-state index contributed by atoms with van der Waals surface area (Å²) in [5.74, 6) is 0.948. The molecule has 2 aromatic carbocycles. The number of benzene rings is 2. The number of primary amides is 1. The fourth-order valence-electron chi connectivity index (χ4n) is 4.99. The zero-order valence-corrected chi connectivity index (χ0v) is 23.8. The van der Waals surface area contributed by atoms with Gasteiger partial charge in [-0.1, -0.05) is 59.2 Å². The number of carbonyl (C=O) groups is 2. The first-order valence-electron chi connectivity index (χ1n) is 13.0. The number of piperidine rings is 1. The number of halogens is 2. The van der Waals surface area contributed by atoms with Gasteiger partial charge < -0.3 is 20.4 Å². The molecule has 2 amide bonds. The number of hydrogen-bond acceptors (Lipinski definition) is 7. The Bertz CT molecular complexity index is 1340. The lowest BCUT2D eigenvalue weighted by Gasteiger charge is -2.37. The van der Waals surface area contributed by atoms with Crippen LogP contribution in [0.15, 0.2) is 59.8 Å². The lowest BCUT2D eigenvalue weighted by Crippen LogP contribution is -2.47. The Morgan fingerprint density at radius 1 is 0.897 bits per heavy atom. The van der Waals surface area contributed by atoms with E-state index >= 15 is 0 Å². The average Bonchev–Trinajstić information content (AvgIpc) is 2.96. The van der Waals surface area contributed by atoms with Crippen molar-refractivity contribution in [3.63, 3.8) is 0 Å². The smallest absolute Gasteiger partial charge is 0.253 e. The predicted octanol–water partition coefficient (Wildman–Crippen LogP) is 4.74. The van der Waals surface area contributed by atoms with Gasteiger partial charge in [-0.15, -0.1) is 0 Å². The summed E-state index contributed by atoms with van der Waals surface area (Å²) in [7, 11) is 0. The van der Waals surface area contributed by atoms with Gasteiger partial charge in [0.2, 0.25) is 5.91 Å². The summed E-state index contributed by atoms with van der Waals surface area (Å²) in [5, 5.41) is 1.75. The molecule has 39 heavy (non-hydrogen) atoms. The average molecular weight is 586 g/mol. The molecule has 0 unspecified atom stereocenters. The molecule has 0 aliphatic carbocycles.